The lowest BCUT2D eigenvalue weighted by Crippen LogP contribution is -2.59. The number of hydrogen-bond acceptors (Lipinski definition) is 7. The molecule has 1 atom stereocenters. The van der Waals surface area contributed by atoms with Gasteiger partial charge in [0.15, 0.2) is 5.75 Å². The molecule has 0 aromatic heterocycles. The summed E-state index contributed by atoms with van der Waals surface area (Å²) in [6.07, 6.45) is 2.38. The predicted octanol–water partition coefficient (Wildman–Crippen LogP) is 1.87. The minimum atomic E-state index is -0.993. The Morgan fingerprint density at radius 1 is 1.33 bits per heavy atom. The fraction of sp³-hybridized carbons (Fsp3) is 0.550. The van der Waals surface area contributed by atoms with Crippen molar-refractivity contribution in [3.63, 3.8) is 0 Å². The fourth-order valence-electron chi connectivity index (χ4n) is 4.41. The number of carboxylic acid groups (broad SMARTS) is 1. The van der Waals surface area contributed by atoms with E-state index in [1.54, 1.807) is 12.1 Å². The Balaban J connectivity index is 1.69. The smallest absolute Gasteiger partial charge is 0.407 e. The molecule has 10 nitrogen and oxygen atoms in total. The molecule has 1 unspecified atom stereocenters. The summed E-state index contributed by atoms with van der Waals surface area (Å²) in [6, 6.07) is 3.09. The van der Waals surface area contributed by atoms with Crippen molar-refractivity contribution in [2.24, 2.45) is 0 Å². The summed E-state index contributed by atoms with van der Waals surface area (Å²) in [5, 5.41) is 30.1. The Morgan fingerprint density at radius 3 is 2.57 bits per heavy atom. The first-order chi connectivity index (χ1) is 14.4. The normalized spacial score (nSPS) is 20.8. The Bertz CT molecular complexity index is 809. The van der Waals surface area contributed by atoms with Crippen LogP contribution in [0.4, 0.5) is 16.2 Å². The molecule has 0 saturated carbocycles. The van der Waals surface area contributed by atoms with Crippen molar-refractivity contribution in [3.8, 4) is 5.75 Å². The summed E-state index contributed by atoms with van der Waals surface area (Å²) in [6.45, 7) is 6.69. The van der Waals surface area contributed by atoms with E-state index >= 15 is 0 Å². The third-order valence-electron chi connectivity index (χ3n) is 6.04. The molecule has 1 aromatic rings. The lowest BCUT2D eigenvalue weighted by molar-refractivity contribution is -0.385. The fourth-order valence-corrected chi connectivity index (χ4v) is 4.41. The number of benzene rings is 1. The minimum absolute atomic E-state index is 0.0858. The number of piperidine rings is 1. The van der Waals surface area contributed by atoms with E-state index in [0.717, 1.165) is 31.6 Å². The number of rotatable bonds is 6. The molecule has 2 aliphatic rings. The maximum atomic E-state index is 11.3. The summed E-state index contributed by atoms with van der Waals surface area (Å²) in [4.78, 5) is 27.9. The van der Waals surface area contributed by atoms with Gasteiger partial charge in [-0.05, 0) is 12.8 Å². The van der Waals surface area contributed by atoms with Crippen LogP contribution in [-0.2, 0) is 0 Å². The van der Waals surface area contributed by atoms with E-state index in [1.165, 1.54) is 18.1 Å². The Labute approximate surface area is 175 Å². The molecule has 164 valence electrons. The Morgan fingerprint density at radius 2 is 2.03 bits per heavy atom. The van der Waals surface area contributed by atoms with E-state index in [9.17, 15) is 25.1 Å². The number of aliphatic hydroxyl groups is 1. The van der Waals surface area contributed by atoms with Crippen LogP contribution < -0.4 is 9.64 Å². The Kier molecular flexibility index (Phi) is 6.78. The van der Waals surface area contributed by atoms with Crippen molar-refractivity contribution in [1.82, 2.24) is 9.80 Å². The van der Waals surface area contributed by atoms with Gasteiger partial charge in [0.05, 0.1) is 24.7 Å². The zero-order chi connectivity index (χ0) is 21.8. The largest absolute Gasteiger partial charge is 0.490 e. The van der Waals surface area contributed by atoms with Crippen LogP contribution in [0.25, 0.3) is 6.08 Å². The Hall–Kier alpha value is -2.85. The molecule has 0 bridgehead atoms. The summed E-state index contributed by atoms with van der Waals surface area (Å²) < 4.78 is 5.22. The van der Waals surface area contributed by atoms with Gasteiger partial charge in [0.1, 0.15) is 0 Å². The van der Waals surface area contributed by atoms with Crippen molar-refractivity contribution in [2.45, 2.75) is 24.9 Å². The van der Waals surface area contributed by atoms with Gasteiger partial charge < -0.3 is 24.7 Å². The van der Waals surface area contributed by atoms with Crippen LogP contribution in [0.5, 0.6) is 5.75 Å². The molecular formula is C20H28N4O6. The number of hydrogen-bond donors (Lipinski definition) is 2. The molecule has 0 radical (unpaired) electrons. The van der Waals surface area contributed by atoms with E-state index in [1.807, 2.05) is 0 Å². The number of carbonyl (C=O) groups is 1. The van der Waals surface area contributed by atoms with Crippen LogP contribution in [0, 0.1) is 10.1 Å². The molecule has 1 aromatic carbocycles. The van der Waals surface area contributed by atoms with E-state index in [2.05, 4.69) is 16.4 Å². The van der Waals surface area contributed by atoms with Crippen LogP contribution in [0.15, 0.2) is 18.7 Å². The summed E-state index contributed by atoms with van der Waals surface area (Å²) >= 11 is 0. The van der Waals surface area contributed by atoms with Gasteiger partial charge in [0.2, 0.25) is 0 Å². The number of nitro groups is 1. The van der Waals surface area contributed by atoms with Crippen LogP contribution >= 0.6 is 0 Å². The maximum Gasteiger partial charge on any atom is 0.407 e. The third-order valence-corrected chi connectivity index (χ3v) is 6.04. The molecule has 2 heterocycles. The van der Waals surface area contributed by atoms with Gasteiger partial charge >= 0.3 is 11.8 Å². The number of piperazine rings is 1. The highest BCUT2D eigenvalue weighted by Gasteiger charge is 2.34. The average molecular weight is 420 g/mol. The first-order valence-corrected chi connectivity index (χ1v) is 9.97. The SMILES string of the molecule is C=Cc1cc([N+](=O)[O-])c(OC)cc1N1CCC(N2CCN(C(=O)O)C(CO)C2)CC1. The molecule has 2 fully saturated rings. The lowest BCUT2D eigenvalue weighted by Gasteiger charge is -2.45. The summed E-state index contributed by atoms with van der Waals surface area (Å²) in [5.74, 6) is 0.221. The standard InChI is InChI=1S/C20H28N4O6/c1-3-14-10-18(24(28)29)19(30-2)11-17(14)21-6-4-15(5-7-21)22-8-9-23(20(26)27)16(12-22)13-25/h3,10-11,15-16,25H,1,4-9,12-13H2,2H3,(H,26,27). The quantitative estimate of drug-likeness (QED) is 0.529. The van der Waals surface area contributed by atoms with Crippen LogP contribution in [-0.4, -0.2) is 89.6 Å². The van der Waals surface area contributed by atoms with Crippen LogP contribution in [0.3, 0.4) is 0 Å². The molecule has 0 aliphatic carbocycles. The molecule has 2 aliphatic heterocycles. The zero-order valence-corrected chi connectivity index (χ0v) is 17.1. The minimum Gasteiger partial charge on any atom is -0.490 e. The monoisotopic (exact) mass is 420 g/mol. The van der Waals surface area contributed by atoms with Gasteiger partial charge in [-0.15, -0.1) is 0 Å². The molecule has 2 N–H and O–H groups in total. The zero-order valence-electron chi connectivity index (χ0n) is 17.1. The van der Waals surface area contributed by atoms with Crippen molar-refractivity contribution in [1.29, 1.82) is 0 Å². The number of nitrogens with zero attached hydrogens (tertiary/aromatic N) is 4. The van der Waals surface area contributed by atoms with Crippen molar-refractivity contribution < 1.29 is 24.7 Å². The average Bonchev–Trinajstić information content (AvgIpc) is 2.77. The number of amides is 1. The topological polar surface area (TPSA) is 120 Å². The molecule has 30 heavy (non-hydrogen) atoms. The van der Waals surface area contributed by atoms with E-state index in [-0.39, 0.29) is 18.0 Å². The molecule has 3 rings (SSSR count). The highest BCUT2D eigenvalue weighted by atomic mass is 16.6. The van der Waals surface area contributed by atoms with E-state index in [4.69, 9.17) is 4.74 Å². The van der Waals surface area contributed by atoms with Gasteiger partial charge in [-0.25, -0.2) is 4.79 Å². The van der Waals surface area contributed by atoms with Crippen LogP contribution in [0.1, 0.15) is 18.4 Å². The van der Waals surface area contributed by atoms with Gasteiger partial charge in [-0.3, -0.25) is 15.0 Å². The molecule has 2 saturated heterocycles. The second kappa shape index (κ2) is 9.31. The number of nitro benzene ring substituents is 1. The first-order valence-electron chi connectivity index (χ1n) is 9.97. The van der Waals surface area contributed by atoms with Crippen molar-refractivity contribution in [3.05, 3.63) is 34.4 Å². The number of aliphatic hydroxyl groups excluding tert-OH is 1. The van der Waals surface area contributed by atoms with Gasteiger partial charge in [0.25, 0.3) is 0 Å². The van der Waals surface area contributed by atoms with Crippen LogP contribution in [0.2, 0.25) is 0 Å². The highest BCUT2D eigenvalue weighted by molar-refractivity contribution is 5.73. The first kappa shape index (κ1) is 21.8. The van der Waals surface area contributed by atoms with Gasteiger partial charge in [-0.2, -0.15) is 0 Å². The second-order valence-corrected chi connectivity index (χ2v) is 7.57. The van der Waals surface area contributed by atoms with Crippen molar-refractivity contribution >= 4 is 23.5 Å². The van der Waals surface area contributed by atoms with E-state index < -0.39 is 17.1 Å². The summed E-state index contributed by atoms with van der Waals surface area (Å²) in [7, 11) is 1.42. The number of methoxy groups -OCH3 is 1. The van der Waals surface area contributed by atoms with E-state index in [0.29, 0.717) is 31.2 Å². The highest BCUT2D eigenvalue weighted by Crippen LogP contribution is 2.37. The number of ether oxygens (including phenoxy) is 1. The molecule has 1 amide bonds. The molecule has 0 spiro atoms. The number of anilines is 1. The maximum absolute atomic E-state index is 11.3. The lowest BCUT2D eigenvalue weighted by atomic mass is 9.99. The van der Waals surface area contributed by atoms with Crippen molar-refractivity contribution in [2.75, 3.05) is 51.3 Å². The van der Waals surface area contributed by atoms with Gasteiger partial charge in [-0.1, -0.05) is 12.7 Å². The van der Waals surface area contributed by atoms with Gasteiger partial charge in [0, 0.05) is 62.1 Å². The molecular weight excluding hydrogens is 392 g/mol. The predicted molar refractivity (Wildman–Crippen MR) is 112 cm³/mol. The second-order valence-electron chi connectivity index (χ2n) is 7.57. The summed E-state index contributed by atoms with van der Waals surface area (Å²) in [5.41, 5.74) is 1.46. The molecule has 10 heteroatoms. The third kappa shape index (κ3) is 4.34.